The first-order valence-electron chi connectivity index (χ1n) is 4.57. The number of rotatable bonds is 5. The van der Waals surface area contributed by atoms with Crippen LogP contribution in [0.2, 0.25) is 0 Å². The second-order valence-corrected chi connectivity index (χ2v) is 5.31. The summed E-state index contributed by atoms with van der Waals surface area (Å²) in [6.07, 6.45) is 2.37. The number of hydrogen-bond acceptors (Lipinski definition) is 4. The lowest BCUT2D eigenvalue weighted by atomic mass is 10.4. The van der Waals surface area contributed by atoms with Crippen LogP contribution in [0.25, 0.3) is 0 Å². The van der Waals surface area contributed by atoms with E-state index >= 15 is 0 Å². The van der Waals surface area contributed by atoms with Crippen molar-refractivity contribution in [1.29, 1.82) is 0 Å². The fraction of sp³-hybridized carbons (Fsp3) is 0.500. The summed E-state index contributed by atoms with van der Waals surface area (Å²) < 4.78 is 24.8. The number of nitrogens with one attached hydrogen (secondary N) is 1. The number of carbonyl (C=O) groups is 1. The molecule has 0 saturated heterocycles. The third-order valence-electron chi connectivity index (χ3n) is 1.93. The normalized spacial score (nSPS) is 12.2. The number of aromatic nitrogens is 2. The van der Waals surface area contributed by atoms with E-state index in [4.69, 9.17) is 5.11 Å². The van der Waals surface area contributed by atoms with Gasteiger partial charge in [0.1, 0.15) is 6.54 Å². The Hall–Kier alpha value is -1.41. The molecule has 1 aromatic heterocycles. The van der Waals surface area contributed by atoms with Gasteiger partial charge in [-0.3, -0.25) is 4.79 Å². The first-order valence-corrected chi connectivity index (χ1v) is 6.01. The highest BCUT2D eigenvalue weighted by molar-refractivity contribution is 7.89. The maximum Gasteiger partial charge on any atom is 0.318 e. The summed E-state index contributed by atoms with van der Waals surface area (Å²) in [5.74, 6) is -1.20. The minimum Gasteiger partial charge on any atom is -0.480 e. The standard InChI is InChI=1S/C8H13N3O4S/c1-6(2)11(4-8(12)13)16(14,15)7-3-9-5-10-7/h3,5-6H,4H2,1-2H3,(H,9,10)(H,12,13). The SMILES string of the molecule is CC(C)N(CC(=O)O)S(=O)(=O)c1cnc[nH]1. The molecule has 0 aliphatic heterocycles. The van der Waals surface area contributed by atoms with Crippen LogP contribution in [0.15, 0.2) is 17.6 Å². The third kappa shape index (κ3) is 2.58. The second kappa shape index (κ2) is 4.62. The van der Waals surface area contributed by atoms with Crippen LogP contribution in [0.5, 0.6) is 0 Å². The van der Waals surface area contributed by atoms with Crippen molar-refractivity contribution in [2.75, 3.05) is 6.54 Å². The number of sulfonamides is 1. The molecule has 0 aliphatic carbocycles. The minimum absolute atomic E-state index is 0.109. The van der Waals surface area contributed by atoms with E-state index in [0.29, 0.717) is 0 Å². The van der Waals surface area contributed by atoms with Crippen molar-refractivity contribution >= 4 is 16.0 Å². The molecule has 0 aliphatic rings. The van der Waals surface area contributed by atoms with Gasteiger partial charge in [-0.05, 0) is 13.8 Å². The molecule has 16 heavy (non-hydrogen) atoms. The molecule has 0 atom stereocenters. The van der Waals surface area contributed by atoms with E-state index in [9.17, 15) is 13.2 Å². The van der Waals surface area contributed by atoms with Gasteiger partial charge in [0.25, 0.3) is 10.0 Å². The summed E-state index contributed by atoms with van der Waals surface area (Å²) in [5.41, 5.74) is 0. The molecular weight excluding hydrogens is 234 g/mol. The van der Waals surface area contributed by atoms with Crippen LogP contribution in [-0.2, 0) is 14.8 Å². The molecule has 0 fully saturated rings. The van der Waals surface area contributed by atoms with Crippen molar-refractivity contribution in [3.63, 3.8) is 0 Å². The van der Waals surface area contributed by atoms with Gasteiger partial charge in [0.05, 0.1) is 12.5 Å². The first-order chi connectivity index (χ1) is 7.35. The molecule has 1 aromatic rings. The Balaban J connectivity index is 3.08. The van der Waals surface area contributed by atoms with Crippen molar-refractivity contribution in [3.05, 3.63) is 12.5 Å². The van der Waals surface area contributed by atoms with Crippen LogP contribution in [-0.4, -0.2) is 46.4 Å². The largest absolute Gasteiger partial charge is 0.480 e. The van der Waals surface area contributed by atoms with Crippen molar-refractivity contribution in [2.24, 2.45) is 0 Å². The summed E-state index contributed by atoms with van der Waals surface area (Å²) in [5, 5.41) is 8.55. The van der Waals surface area contributed by atoms with Crippen LogP contribution < -0.4 is 0 Å². The molecule has 8 heteroatoms. The number of aliphatic carboxylic acids is 1. The number of hydrogen-bond donors (Lipinski definition) is 2. The molecule has 0 spiro atoms. The van der Waals surface area contributed by atoms with Gasteiger partial charge in [0, 0.05) is 6.04 Å². The number of imidazole rings is 1. The molecule has 0 radical (unpaired) electrons. The summed E-state index contributed by atoms with van der Waals surface area (Å²) in [6, 6.07) is -0.440. The summed E-state index contributed by atoms with van der Waals surface area (Å²) >= 11 is 0. The van der Waals surface area contributed by atoms with Crippen LogP contribution in [0, 0.1) is 0 Å². The molecule has 7 nitrogen and oxygen atoms in total. The van der Waals surface area contributed by atoms with Crippen LogP contribution in [0.3, 0.4) is 0 Å². The van der Waals surface area contributed by atoms with E-state index in [-0.39, 0.29) is 5.03 Å². The predicted molar refractivity (Wildman–Crippen MR) is 55.3 cm³/mol. The monoisotopic (exact) mass is 247 g/mol. The van der Waals surface area contributed by atoms with E-state index in [1.807, 2.05) is 0 Å². The number of carboxylic acids is 1. The number of aromatic amines is 1. The molecule has 90 valence electrons. The topological polar surface area (TPSA) is 103 Å². The van der Waals surface area contributed by atoms with Gasteiger partial charge < -0.3 is 10.1 Å². The quantitative estimate of drug-likeness (QED) is 0.755. The molecule has 0 bridgehead atoms. The van der Waals surface area contributed by atoms with E-state index in [1.165, 1.54) is 6.33 Å². The van der Waals surface area contributed by atoms with Crippen molar-refractivity contribution in [2.45, 2.75) is 24.9 Å². The summed E-state index contributed by atoms with van der Waals surface area (Å²) in [6.45, 7) is 2.65. The van der Waals surface area contributed by atoms with Gasteiger partial charge in [-0.1, -0.05) is 0 Å². The Bertz CT molecular complexity index is 452. The van der Waals surface area contributed by atoms with Crippen LogP contribution in [0.1, 0.15) is 13.8 Å². The first kappa shape index (κ1) is 12.7. The second-order valence-electron chi connectivity index (χ2n) is 3.45. The minimum atomic E-state index is -3.82. The Morgan fingerprint density at radius 3 is 2.62 bits per heavy atom. The molecule has 0 saturated carbocycles. The van der Waals surface area contributed by atoms with E-state index in [1.54, 1.807) is 13.8 Å². The van der Waals surface area contributed by atoms with Crippen LogP contribution in [0.4, 0.5) is 0 Å². The van der Waals surface area contributed by atoms with Gasteiger partial charge in [-0.25, -0.2) is 13.4 Å². The zero-order valence-corrected chi connectivity index (χ0v) is 9.73. The molecule has 1 heterocycles. The number of H-pyrrole nitrogens is 1. The van der Waals surface area contributed by atoms with Crippen molar-refractivity contribution < 1.29 is 18.3 Å². The average molecular weight is 247 g/mol. The zero-order chi connectivity index (χ0) is 12.3. The van der Waals surface area contributed by atoms with Gasteiger partial charge in [0.15, 0.2) is 5.03 Å². The van der Waals surface area contributed by atoms with Crippen molar-refractivity contribution in [3.8, 4) is 0 Å². The molecule has 0 unspecified atom stereocenters. The lowest BCUT2D eigenvalue weighted by Crippen LogP contribution is -2.40. The molecular formula is C8H13N3O4S. The fourth-order valence-electron chi connectivity index (χ4n) is 1.19. The lowest BCUT2D eigenvalue weighted by molar-refractivity contribution is -0.137. The average Bonchev–Trinajstić information content (AvgIpc) is 2.66. The highest BCUT2D eigenvalue weighted by Crippen LogP contribution is 2.14. The number of carboxylic acid groups (broad SMARTS) is 1. The van der Waals surface area contributed by atoms with E-state index in [0.717, 1.165) is 10.5 Å². The fourth-order valence-corrected chi connectivity index (χ4v) is 2.67. The Kier molecular flexibility index (Phi) is 3.66. The van der Waals surface area contributed by atoms with Gasteiger partial charge in [-0.15, -0.1) is 0 Å². The van der Waals surface area contributed by atoms with E-state index < -0.39 is 28.6 Å². The van der Waals surface area contributed by atoms with E-state index in [2.05, 4.69) is 9.97 Å². The summed E-state index contributed by atoms with van der Waals surface area (Å²) in [4.78, 5) is 16.7. The predicted octanol–water partition coefficient (Wildman–Crippen LogP) is -0.107. The Morgan fingerprint density at radius 1 is 1.62 bits per heavy atom. The van der Waals surface area contributed by atoms with Gasteiger partial charge in [0.2, 0.25) is 0 Å². The molecule has 2 N–H and O–H groups in total. The Morgan fingerprint density at radius 2 is 2.25 bits per heavy atom. The molecule has 1 rings (SSSR count). The maximum atomic E-state index is 12.0. The number of nitrogens with zero attached hydrogens (tertiary/aromatic N) is 2. The molecule has 0 amide bonds. The summed E-state index contributed by atoms with van der Waals surface area (Å²) in [7, 11) is -3.82. The Labute approximate surface area is 93.2 Å². The lowest BCUT2D eigenvalue weighted by Gasteiger charge is -2.22. The van der Waals surface area contributed by atoms with Crippen LogP contribution >= 0.6 is 0 Å². The third-order valence-corrected chi connectivity index (χ3v) is 3.87. The zero-order valence-electron chi connectivity index (χ0n) is 8.91. The molecule has 0 aromatic carbocycles. The smallest absolute Gasteiger partial charge is 0.318 e. The van der Waals surface area contributed by atoms with Gasteiger partial charge >= 0.3 is 5.97 Å². The van der Waals surface area contributed by atoms with Crippen molar-refractivity contribution in [1.82, 2.24) is 14.3 Å². The van der Waals surface area contributed by atoms with Gasteiger partial charge in [-0.2, -0.15) is 4.31 Å². The highest BCUT2D eigenvalue weighted by atomic mass is 32.2. The highest BCUT2D eigenvalue weighted by Gasteiger charge is 2.29. The maximum absolute atomic E-state index is 12.0.